The molecule has 4 nitrogen and oxygen atoms in total. The summed E-state index contributed by atoms with van der Waals surface area (Å²) in [6, 6.07) is 10.9. The molecule has 5 heteroatoms. The van der Waals surface area contributed by atoms with E-state index in [-0.39, 0.29) is 0 Å². The normalized spacial score (nSPS) is 11.9. The Hall–Kier alpha value is -2.07. The van der Waals surface area contributed by atoms with Gasteiger partial charge >= 0.3 is 5.97 Å². The molecule has 0 radical (unpaired) electrons. The minimum atomic E-state index is -0.860. The Kier molecular flexibility index (Phi) is 5.17. The summed E-state index contributed by atoms with van der Waals surface area (Å²) in [5, 5.41) is 10.0. The van der Waals surface area contributed by atoms with Crippen LogP contribution in [0.3, 0.4) is 0 Å². The molecule has 2 aromatic rings. The van der Waals surface area contributed by atoms with Crippen molar-refractivity contribution in [3.05, 3.63) is 58.7 Å². The van der Waals surface area contributed by atoms with Crippen LogP contribution < -0.4 is 4.74 Å². The number of hydrogen-bond acceptors (Lipinski definition) is 3. The van der Waals surface area contributed by atoms with Crippen molar-refractivity contribution in [3.8, 4) is 5.88 Å². The third kappa shape index (κ3) is 3.95. The van der Waals surface area contributed by atoms with Crippen LogP contribution in [0.4, 0.5) is 0 Å². The molecule has 0 saturated carbocycles. The molecule has 21 heavy (non-hydrogen) atoms. The van der Waals surface area contributed by atoms with Crippen molar-refractivity contribution in [3.63, 3.8) is 0 Å². The maximum atomic E-state index is 11.5. The lowest BCUT2D eigenvalue weighted by Crippen LogP contribution is -2.19. The average Bonchev–Trinajstić information content (AvgIpc) is 2.49. The molecule has 0 spiro atoms. The van der Waals surface area contributed by atoms with E-state index < -0.39 is 11.9 Å². The predicted molar refractivity (Wildman–Crippen MR) is 80.8 cm³/mol. The van der Waals surface area contributed by atoms with E-state index in [9.17, 15) is 9.90 Å². The number of carboxylic acid groups (broad SMARTS) is 1. The monoisotopic (exact) mass is 305 g/mol. The molecule has 2 rings (SSSR count). The molecule has 1 atom stereocenters. The van der Waals surface area contributed by atoms with Crippen LogP contribution in [0.5, 0.6) is 5.88 Å². The number of carboxylic acids is 1. The van der Waals surface area contributed by atoms with Crippen molar-refractivity contribution in [1.82, 2.24) is 4.98 Å². The number of aliphatic carboxylic acids is 1. The first-order chi connectivity index (χ1) is 10.1. The van der Waals surface area contributed by atoms with Gasteiger partial charge in [0.15, 0.2) is 0 Å². The fourth-order valence-corrected chi connectivity index (χ4v) is 2.42. The second kappa shape index (κ2) is 7.09. The third-order valence-corrected chi connectivity index (χ3v) is 3.65. The van der Waals surface area contributed by atoms with Gasteiger partial charge in [-0.2, -0.15) is 0 Å². The highest BCUT2D eigenvalue weighted by Gasteiger charge is 2.21. The number of pyridine rings is 1. The predicted octanol–water partition coefficient (Wildman–Crippen LogP) is 3.23. The van der Waals surface area contributed by atoms with Gasteiger partial charge in [0.05, 0.1) is 13.0 Å². The van der Waals surface area contributed by atoms with E-state index in [1.54, 1.807) is 18.3 Å². The first kappa shape index (κ1) is 15.3. The lowest BCUT2D eigenvalue weighted by Gasteiger charge is -2.15. The van der Waals surface area contributed by atoms with Crippen molar-refractivity contribution >= 4 is 17.6 Å². The molecule has 0 aliphatic heterocycles. The number of ether oxygens (including phenoxy) is 1. The minimum absolute atomic E-state index is 0.345. The van der Waals surface area contributed by atoms with E-state index >= 15 is 0 Å². The maximum absolute atomic E-state index is 11.5. The van der Waals surface area contributed by atoms with Crippen LogP contribution in [0.1, 0.15) is 11.1 Å². The molecule has 0 saturated heterocycles. The molecule has 0 aliphatic carbocycles. The van der Waals surface area contributed by atoms with Crippen LogP contribution in [0.2, 0.25) is 5.02 Å². The van der Waals surface area contributed by atoms with Crippen LogP contribution in [-0.2, 0) is 17.6 Å². The summed E-state index contributed by atoms with van der Waals surface area (Å²) in [7, 11) is 1.52. The lowest BCUT2D eigenvalue weighted by atomic mass is 9.93. The number of nitrogens with zero attached hydrogens (tertiary/aromatic N) is 1. The van der Waals surface area contributed by atoms with Crippen molar-refractivity contribution < 1.29 is 14.6 Å². The summed E-state index contributed by atoms with van der Waals surface area (Å²) in [4.78, 5) is 15.6. The zero-order chi connectivity index (χ0) is 15.2. The molecule has 1 unspecified atom stereocenters. The number of hydrogen-bond donors (Lipinski definition) is 1. The van der Waals surface area contributed by atoms with E-state index in [4.69, 9.17) is 16.3 Å². The molecule has 1 aromatic heterocycles. The quantitative estimate of drug-likeness (QED) is 0.890. The molecular formula is C16H16ClNO3. The fraction of sp³-hybridized carbons (Fsp3) is 0.250. The molecule has 1 heterocycles. The standard InChI is InChI=1S/C16H16ClNO3/c1-21-15-12(6-4-8-18-15)10-13(16(19)20)9-11-5-2-3-7-14(11)17/h2-8,13H,9-10H2,1H3,(H,19,20). The highest BCUT2D eigenvalue weighted by Crippen LogP contribution is 2.24. The fourth-order valence-electron chi connectivity index (χ4n) is 2.20. The van der Waals surface area contributed by atoms with Gasteiger partial charge in [0.25, 0.3) is 0 Å². The Bertz CT molecular complexity index is 630. The number of halogens is 1. The van der Waals surface area contributed by atoms with Crippen LogP contribution in [0.15, 0.2) is 42.6 Å². The zero-order valence-electron chi connectivity index (χ0n) is 11.6. The van der Waals surface area contributed by atoms with Gasteiger partial charge in [-0.05, 0) is 30.5 Å². The van der Waals surface area contributed by atoms with Crippen molar-refractivity contribution in [2.75, 3.05) is 7.11 Å². The number of rotatable bonds is 6. The van der Waals surface area contributed by atoms with Gasteiger partial charge in [-0.15, -0.1) is 0 Å². The van der Waals surface area contributed by atoms with Crippen LogP contribution >= 0.6 is 11.6 Å². The van der Waals surface area contributed by atoms with E-state index in [1.165, 1.54) is 7.11 Å². The Labute approximate surface area is 128 Å². The molecule has 0 amide bonds. The molecule has 1 aromatic carbocycles. The van der Waals surface area contributed by atoms with Crippen LogP contribution in [0, 0.1) is 5.92 Å². The Balaban J connectivity index is 2.20. The molecule has 0 aliphatic rings. The van der Waals surface area contributed by atoms with E-state index in [0.717, 1.165) is 11.1 Å². The summed E-state index contributed by atoms with van der Waals surface area (Å²) in [6.45, 7) is 0. The van der Waals surface area contributed by atoms with Gasteiger partial charge in [0.1, 0.15) is 0 Å². The number of methoxy groups -OCH3 is 1. The van der Waals surface area contributed by atoms with E-state index in [2.05, 4.69) is 4.98 Å². The molecule has 0 bridgehead atoms. The second-order valence-electron chi connectivity index (χ2n) is 4.71. The van der Waals surface area contributed by atoms with Crippen LogP contribution in [0.25, 0.3) is 0 Å². The largest absolute Gasteiger partial charge is 0.481 e. The highest BCUT2D eigenvalue weighted by molar-refractivity contribution is 6.31. The zero-order valence-corrected chi connectivity index (χ0v) is 12.4. The molecular weight excluding hydrogens is 290 g/mol. The number of carbonyl (C=O) groups is 1. The van der Waals surface area contributed by atoms with E-state index in [1.807, 2.05) is 24.3 Å². The van der Waals surface area contributed by atoms with Gasteiger partial charge in [0, 0.05) is 16.8 Å². The summed E-state index contributed by atoms with van der Waals surface area (Å²) in [5.41, 5.74) is 1.61. The van der Waals surface area contributed by atoms with Crippen molar-refractivity contribution in [2.24, 2.45) is 5.92 Å². The summed E-state index contributed by atoms with van der Waals surface area (Å²) < 4.78 is 5.17. The first-order valence-corrected chi connectivity index (χ1v) is 6.93. The smallest absolute Gasteiger partial charge is 0.307 e. The SMILES string of the molecule is COc1ncccc1CC(Cc1ccccc1Cl)C(=O)O. The van der Waals surface area contributed by atoms with E-state index in [0.29, 0.717) is 23.7 Å². The molecule has 1 N–H and O–H groups in total. The van der Waals surface area contributed by atoms with Crippen molar-refractivity contribution in [2.45, 2.75) is 12.8 Å². The van der Waals surface area contributed by atoms with Crippen LogP contribution in [-0.4, -0.2) is 23.2 Å². The number of aromatic nitrogens is 1. The Morgan fingerprint density at radius 2 is 1.90 bits per heavy atom. The van der Waals surface area contributed by atoms with Gasteiger partial charge < -0.3 is 9.84 Å². The first-order valence-electron chi connectivity index (χ1n) is 6.56. The average molecular weight is 306 g/mol. The minimum Gasteiger partial charge on any atom is -0.481 e. The van der Waals surface area contributed by atoms with Gasteiger partial charge in [-0.1, -0.05) is 35.9 Å². The number of benzene rings is 1. The maximum Gasteiger partial charge on any atom is 0.307 e. The Morgan fingerprint density at radius 1 is 1.24 bits per heavy atom. The van der Waals surface area contributed by atoms with Gasteiger partial charge in [0.2, 0.25) is 5.88 Å². The van der Waals surface area contributed by atoms with Gasteiger partial charge in [-0.3, -0.25) is 4.79 Å². The Morgan fingerprint density at radius 3 is 2.57 bits per heavy atom. The third-order valence-electron chi connectivity index (χ3n) is 3.28. The second-order valence-corrected chi connectivity index (χ2v) is 5.11. The lowest BCUT2D eigenvalue weighted by molar-refractivity contribution is -0.141. The molecule has 0 fully saturated rings. The highest BCUT2D eigenvalue weighted by atomic mass is 35.5. The molecule has 110 valence electrons. The van der Waals surface area contributed by atoms with Gasteiger partial charge in [-0.25, -0.2) is 4.98 Å². The summed E-state index contributed by atoms with van der Waals surface area (Å²) in [5.74, 6) is -0.980. The van der Waals surface area contributed by atoms with Crippen molar-refractivity contribution in [1.29, 1.82) is 0 Å². The summed E-state index contributed by atoms with van der Waals surface area (Å²) in [6.07, 6.45) is 2.33. The summed E-state index contributed by atoms with van der Waals surface area (Å²) >= 11 is 6.10. The topological polar surface area (TPSA) is 59.4 Å².